The molecule has 5 heteroatoms. The van der Waals surface area contributed by atoms with Gasteiger partial charge in [-0.05, 0) is 53.5 Å². The molecule has 2 fully saturated rings. The Morgan fingerprint density at radius 3 is 2.26 bits per heavy atom. The normalized spacial score (nSPS) is 38.4. The SMILES string of the molecule is CC1(C)CC(C2CC(C(F)(F)F)CCN2)C(C)(C)O1. The van der Waals surface area contributed by atoms with Gasteiger partial charge in [0.1, 0.15) is 0 Å². The lowest BCUT2D eigenvalue weighted by molar-refractivity contribution is -0.185. The number of hydrogen-bond donors (Lipinski definition) is 1. The second-order valence-corrected chi connectivity index (χ2v) is 7.10. The highest BCUT2D eigenvalue weighted by molar-refractivity contribution is 5.01. The maximum atomic E-state index is 12.9. The van der Waals surface area contributed by atoms with E-state index in [1.54, 1.807) is 0 Å². The largest absolute Gasteiger partial charge is 0.391 e. The van der Waals surface area contributed by atoms with Crippen molar-refractivity contribution in [2.75, 3.05) is 6.54 Å². The quantitative estimate of drug-likeness (QED) is 0.793. The van der Waals surface area contributed by atoms with Gasteiger partial charge in [-0.1, -0.05) is 0 Å². The summed E-state index contributed by atoms with van der Waals surface area (Å²) in [5.74, 6) is -1.04. The Kier molecular flexibility index (Phi) is 3.67. The van der Waals surface area contributed by atoms with Crippen LogP contribution in [0.15, 0.2) is 0 Å². The van der Waals surface area contributed by atoms with Crippen LogP contribution in [0.4, 0.5) is 13.2 Å². The van der Waals surface area contributed by atoms with Crippen molar-refractivity contribution in [2.45, 2.75) is 70.4 Å². The summed E-state index contributed by atoms with van der Waals surface area (Å²) in [7, 11) is 0. The lowest BCUT2D eigenvalue weighted by atomic mass is 9.76. The Morgan fingerprint density at radius 2 is 1.79 bits per heavy atom. The fraction of sp³-hybridized carbons (Fsp3) is 1.00. The van der Waals surface area contributed by atoms with E-state index in [1.807, 2.05) is 27.7 Å². The Balaban J connectivity index is 2.10. The van der Waals surface area contributed by atoms with Gasteiger partial charge in [0.15, 0.2) is 0 Å². The summed E-state index contributed by atoms with van der Waals surface area (Å²) in [6.45, 7) is 8.45. The van der Waals surface area contributed by atoms with E-state index in [9.17, 15) is 13.2 Å². The molecule has 0 saturated carbocycles. The molecule has 3 unspecified atom stereocenters. The van der Waals surface area contributed by atoms with Gasteiger partial charge in [-0.15, -0.1) is 0 Å². The zero-order valence-corrected chi connectivity index (χ0v) is 12.1. The van der Waals surface area contributed by atoms with E-state index >= 15 is 0 Å². The van der Waals surface area contributed by atoms with Crippen molar-refractivity contribution in [2.24, 2.45) is 11.8 Å². The van der Waals surface area contributed by atoms with E-state index < -0.39 is 12.1 Å². The summed E-state index contributed by atoms with van der Waals surface area (Å²) in [5.41, 5.74) is -0.615. The van der Waals surface area contributed by atoms with E-state index in [-0.39, 0.29) is 36.0 Å². The third-order valence-electron chi connectivity index (χ3n) is 4.53. The summed E-state index contributed by atoms with van der Waals surface area (Å²) >= 11 is 0. The molecule has 0 aromatic rings. The first-order valence-corrected chi connectivity index (χ1v) is 7.01. The summed E-state index contributed by atoms with van der Waals surface area (Å²) < 4.78 is 44.7. The van der Waals surface area contributed by atoms with Crippen LogP contribution in [-0.4, -0.2) is 30.0 Å². The Labute approximate surface area is 113 Å². The van der Waals surface area contributed by atoms with Gasteiger partial charge in [0.25, 0.3) is 0 Å². The number of nitrogens with one attached hydrogen (secondary N) is 1. The molecule has 3 atom stereocenters. The fourth-order valence-corrected chi connectivity index (χ4v) is 3.79. The Hall–Kier alpha value is -0.290. The van der Waals surface area contributed by atoms with Crippen LogP contribution in [0.5, 0.6) is 0 Å². The fourth-order valence-electron chi connectivity index (χ4n) is 3.79. The Morgan fingerprint density at radius 1 is 1.16 bits per heavy atom. The van der Waals surface area contributed by atoms with Crippen molar-refractivity contribution in [3.63, 3.8) is 0 Å². The highest BCUT2D eigenvalue weighted by Gasteiger charge is 2.52. The zero-order chi connectivity index (χ0) is 14.5. The maximum Gasteiger partial charge on any atom is 0.391 e. The van der Waals surface area contributed by atoms with Crippen LogP contribution in [0.2, 0.25) is 0 Å². The van der Waals surface area contributed by atoms with Crippen LogP contribution < -0.4 is 5.32 Å². The molecule has 2 heterocycles. The third-order valence-corrected chi connectivity index (χ3v) is 4.53. The van der Waals surface area contributed by atoms with E-state index in [1.165, 1.54) is 0 Å². The first-order chi connectivity index (χ1) is 8.51. The smallest absolute Gasteiger partial charge is 0.369 e. The highest BCUT2D eigenvalue weighted by Crippen LogP contribution is 2.46. The number of alkyl halides is 3. The van der Waals surface area contributed by atoms with E-state index in [4.69, 9.17) is 4.74 Å². The van der Waals surface area contributed by atoms with E-state index in [2.05, 4.69) is 5.32 Å². The van der Waals surface area contributed by atoms with Crippen molar-refractivity contribution in [3.05, 3.63) is 0 Å². The molecule has 0 aromatic carbocycles. The highest BCUT2D eigenvalue weighted by atomic mass is 19.4. The number of ether oxygens (including phenoxy) is 1. The van der Waals surface area contributed by atoms with Crippen LogP contribution in [0.25, 0.3) is 0 Å². The van der Waals surface area contributed by atoms with Crippen molar-refractivity contribution < 1.29 is 17.9 Å². The minimum absolute atomic E-state index is 0.0999. The second kappa shape index (κ2) is 4.62. The molecule has 2 aliphatic heterocycles. The number of halogens is 3. The first-order valence-electron chi connectivity index (χ1n) is 7.01. The molecule has 2 nitrogen and oxygen atoms in total. The average Bonchev–Trinajstić information content (AvgIpc) is 2.46. The number of hydrogen-bond acceptors (Lipinski definition) is 2. The van der Waals surface area contributed by atoms with Gasteiger partial charge in [0.05, 0.1) is 17.1 Å². The van der Waals surface area contributed by atoms with Crippen molar-refractivity contribution in [3.8, 4) is 0 Å². The van der Waals surface area contributed by atoms with E-state index in [0.717, 1.165) is 6.42 Å². The van der Waals surface area contributed by atoms with E-state index in [0.29, 0.717) is 6.54 Å². The molecule has 0 amide bonds. The van der Waals surface area contributed by atoms with Crippen LogP contribution >= 0.6 is 0 Å². The first kappa shape index (κ1) is 15.1. The zero-order valence-electron chi connectivity index (χ0n) is 12.1. The predicted octanol–water partition coefficient (Wildman–Crippen LogP) is 3.51. The number of rotatable bonds is 1. The standard InChI is InChI=1S/C14H24F3NO/c1-12(2)8-10(13(3,4)19-12)11-7-9(5-6-18-11)14(15,16)17/h9-11,18H,5-8H2,1-4H3. The predicted molar refractivity (Wildman–Crippen MR) is 67.9 cm³/mol. The molecule has 0 bridgehead atoms. The average molecular weight is 279 g/mol. The van der Waals surface area contributed by atoms with Gasteiger partial charge < -0.3 is 10.1 Å². The van der Waals surface area contributed by atoms with Gasteiger partial charge in [-0.2, -0.15) is 13.2 Å². The van der Waals surface area contributed by atoms with Gasteiger partial charge in [-0.3, -0.25) is 0 Å². The third kappa shape index (κ3) is 3.24. The molecular weight excluding hydrogens is 255 g/mol. The molecule has 0 spiro atoms. The molecule has 2 rings (SSSR count). The van der Waals surface area contributed by atoms with Crippen LogP contribution in [0.1, 0.15) is 47.0 Å². The van der Waals surface area contributed by atoms with Gasteiger partial charge in [-0.25, -0.2) is 0 Å². The molecule has 19 heavy (non-hydrogen) atoms. The molecule has 0 aliphatic carbocycles. The number of piperidine rings is 1. The second-order valence-electron chi connectivity index (χ2n) is 7.10. The van der Waals surface area contributed by atoms with Crippen molar-refractivity contribution >= 4 is 0 Å². The van der Waals surface area contributed by atoms with Crippen molar-refractivity contribution in [1.82, 2.24) is 5.32 Å². The summed E-state index contributed by atoms with van der Waals surface area (Å²) in [5, 5.41) is 3.28. The summed E-state index contributed by atoms with van der Waals surface area (Å²) in [6, 6.07) is -0.0999. The van der Waals surface area contributed by atoms with Crippen LogP contribution in [-0.2, 0) is 4.74 Å². The molecular formula is C14H24F3NO. The van der Waals surface area contributed by atoms with Crippen LogP contribution in [0.3, 0.4) is 0 Å². The molecule has 0 aromatic heterocycles. The minimum atomic E-state index is -4.07. The maximum absolute atomic E-state index is 12.9. The molecule has 1 N–H and O–H groups in total. The molecule has 2 saturated heterocycles. The van der Waals surface area contributed by atoms with Gasteiger partial charge in [0.2, 0.25) is 0 Å². The summed E-state index contributed by atoms with van der Waals surface area (Å²) in [4.78, 5) is 0. The van der Waals surface area contributed by atoms with Crippen molar-refractivity contribution in [1.29, 1.82) is 0 Å². The monoisotopic (exact) mass is 279 g/mol. The minimum Gasteiger partial charge on any atom is -0.369 e. The van der Waals surface area contributed by atoms with Crippen LogP contribution in [0, 0.1) is 11.8 Å². The molecule has 112 valence electrons. The lowest BCUT2D eigenvalue weighted by Crippen LogP contribution is -2.50. The van der Waals surface area contributed by atoms with Gasteiger partial charge >= 0.3 is 6.18 Å². The lowest BCUT2D eigenvalue weighted by Gasteiger charge is -2.39. The molecule has 0 radical (unpaired) electrons. The summed E-state index contributed by atoms with van der Waals surface area (Å²) in [6.07, 6.45) is -2.89. The Bertz CT molecular complexity index is 338. The topological polar surface area (TPSA) is 21.3 Å². The molecule has 2 aliphatic rings. The van der Waals surface area contributed by atoms with Gasteiger partial charge in [0, 0.05) is 12.0 Å².